The average molecular weight is 337 g/mol. The second kappa shape index (κ2) is 7.32. The molecule has 1 atom stereocenters. The van der Waals surface area contributed by atoms with E-state index in [1.54, 1.807) is 0 Å². The van der Waals surface area contributed by atoms with E-state index in [-0.39, 0.29) is 6.04 Å². The topological polar surface area (TPSA) is 78.7 Å². The highest BCUT2D eigenvalue weighted by molar-refractivity contribution is 7.87. The van der Waals surface area contributed by atoms with Crippen LogP contribution >= 0.6 is 12.2 Å². The number of hydrogen-bond acceptors (Lipinski definition) is 4. The summed E-state index contributed by atoms with van der Waals surface area (Å²) in [6.45, 7) is 9.86. The van der Waals surface area contributed by atoms with Crippen LogP contribution in [0.3, 0.4) is 0 Å². The fourth-order valence-electron chi connectivity index (χ4n) is 2.49. The van der Waals surface area contributed by atoms with Gasteiger partial charge in [0.2, 0.25) is 0 Å². The summed E-state index contributed by atoms with van der Waals surface area (Å²) in [6, 6.07) is 0.0745. The van der Waals surface area contributed by atoms with Gasteiger partial charge in [-0.3, -0.25) is 4.90 Å². The molecule has 1 aliphatic rings. The molecule has 1 heterocycles. The van der Waals surface area contributed by atoms with Crippen molar-refractivity contribution < 1.29 is 8.42 Å². The van der Waals surface area contributed by atoms with Crippen LogP contribution < -0.4 is 10.5 Å². The van der Waals surface area contributed by atoms with Crippen molar-refractivity contribution in [2.45, 2.75) is 52.1 Å². The van der Waals surface area contributed by atoms with E-state index >= 15 is 0 Å². The summed E-state index contributed by atoms with van der Waals surface area (Å²) in [5.74, 6) is 0. The number of rotatable bonds is 6. The lowest BCUT2D eigenvalue weighted by Gasteiger charge is -2.39. The Hall–Kier alpha value is -0.280. The second-order valence-electron chi connectivity index (χ2n) is 6.50. The van der Waals surface area contributed by atoms with Gasteiger partial charge in [0.15, 0.2) is 0 Å². The number of hydrogen-bond donors (Lipinski definition) is 2. The quantitative estimate of drug-likeness (QED) is 0.698. The molecule has 0 amide bonds. The maximum atomic E-state index is 12.3. The fourth-order valence-corrected chi connectivity index (χ4v) is 4.30. The van der Waals surface area contributed by atoms with E-state index in [0.29, 0.717) is 31.2 Å². The van der Waals surface area contributed by atoms with Gasteiger partial charge in [-0.15, -0.1) is 0 Å². The highest BCUT2D eigenvalue weighted by atomic mass is 32.2. The van der Waals surface area contributed by atoms with Gasteiger partial charge >= 0.3 is 0 Å². The van der Waals surface area contributed by atoms with Gasteiger partial charge in [0.25, 0.3) is 10.2 Å². The standard InChI is InChI=1S/C13H28N4O2S2/c1-5-6-11(12(14)20)16-7-9-17(10-8-16)21(18,19)15-13(2,3)4/h11,15H,5-10H2,1-4H3,(H2,14,20). The van der Waals surface area contributed by atoms with Crippen LogP contribution in [0.15, 0.2) is 0 Å². The zero-order valence-electron chi connectivity index (χ0n) is 13.4. The number of thiocarbonyl (C=S) groups is 1. The third-order valence-corrected chi connectivity index (χ3v) is 5.57. The van der Waals surface area contributed by atoms with Crippen LogP contribution in [0.4, 0.5) is 0 Å². The van der Waals surface area contributed by atoms with Crippen LogP contribution in [0.1, 0.15) is 40.5 Å². The van der Waals surface area contributed by atoms with Crippen molar-refractivity contribution in [3.8, 4) is 0 Å². The first kappa shape index (κ1) is 18.8. The van der Waals surface area contributed by atoms with Crippen LogP contribution in [0.2, 0.25) is 0 Å². The molecule has 6 nitrogen and oxygen atoms in total. The van der Waals surface area contributed by atoms with Gasteiger partial charge in [-0.25, -0.2) is 0 Å². The third kappa shape index (κ3) is 5.78. The summed E-state index contributed by atoms with van der Waals surface area (Å²) in [6.07, 6.45) is 1.93. The fraction of sp³-hybridized carbons (Fsp3) is 0.923. The number of nitrogens with zero attached hydrogens (tertiary/aromatic N) is 2. The highest BCUT2D eigenvalue weighted by Crippen LogP contribution is 2.14. The van der Waals surface area contributed by atoms with E-state index < -0.39 is 15.7 Å². The van der Waals surface area contributed by atoms with Crippen LogP contribution in [0.25, 0.3) is 0 Å². The van der Waals surface area contributed by atoms with Gasteiger partial charge in [-0.1, -0.05) is 25.6 Å². The number of nitrogens with two attached hydrogens (primary N) is 1. The average Bonchev–Trinajstić information content (AvgIpc) is 2.33. The summed E-state index contributed by atoms with van der Waals surface area (Å²) in [7, 11) is -3.43. The summed E-state index contributed by atoms with van der Waals surface area (Å²) in [5, 5.41) is 0. The second-order valence-corrected chi connectivity index (χ2v) is 8.64. The minimum absolute atomic E-state index is 0.0745. The minimum Gasteiger partial charge on any atom is -0.392 e. The first-order chi connectivity index (χ1) is 9.57. The van der Waals surface area contributed by atoms with Gasteiger partial charge in [0.1, 0.15) is 0 Å². The van der Waals surface area contributed by atoms with Crippen LogP contribution in [-0.2, 0) is 10.2 Å². The summed E-state index contributed by atoms with van der Waals surface area (Å²) in [5.41, 5.74) is 5.33. The lowest BCUT2D eigenvalue weighted by molar-refractivity contribution is 0.160. The van der Waals surface area contributed by atoms with E-state index in [1.165, 1.54) is 4.31 Å². The van der Waals surface area contributed by atoms with E-state index in [9.17, 15) is 8.42 Å². The molecular weight excluding hydrogens is 308 g/mol. The highest BCUT2D eigenvalue weighted by Gasteiger charge is 2.32. The zero-order chi connectivity index (χ0) is 16.3. The Balaban J connectivity index is 2.65. The molecule has 1 fully saturated rings. The van der Waals surface area contributed by atoms with Crippen LogP contribution in [-0.4, -0.2) is 60.4 Å². The molecule has 0 saturated carbocycles. The monoisotopic (exact) mass is 336 g/mol. The normalized spacial score (nSPS) is 20.4. The number of piperazine rings is 1. The van der Waals surface area contributed by atoms with E-state index in [1.807, 2.05) is 20.8 Å². The van der Waals surface area contributed by atoms with Crippen molar-refractivity contribution in [2.24, 2.45) is 5.73 Å². The zero-order valence-corrected chi connectivity index (χ0v) is 15.1. The molecule has 0 aromatic rings. The Morgan fingerprint density at radius 1 is 1.29 bits per heavy atom. The van der Waals surface area contributed by atoms with Crippen molar-refractivity contribution in [2.75, 3.05) is 26.2 Å². The molecule has 0 aliphatic carbocycles. The largest absolute Gasteiger partial charge is 0.392 e. The Labute approximate surface area is 134 Å². The summed E-state index contributed by atoms with van der Waals surface area (Å²) < 4.78 is 28.7. The molecule has 1 unspecified atom stereocenters. The maximum absolute atomic E-state index is 12.3. The molecule has 21 heavy (non-hydrogen) atoms. The van der Waals surface area contributed by atoms with Gasteiger partial charge in [-0.2, -0.15) is 17.4 Å². The van der Waals surface area contributed by atoms with E-state index in [4.69, 9.17) is 18.0 Å². The molecule has 0 radical (unpaired) electrons. The number of nitrogens with one attached hydrogen (secondary N) is 1. The summed E-state index contributed by atoms with van der Waals surface area (Å²) in [4.78, 5) is 2.69. The molecule has 0 aromatic heterocycles. The van der Waals surface area contributed by atoms with E-state index in [2.05, 4.69) is 16.5 Å². The Bertz CT molecular complexity index is 451. The smallest absolute Gasteiger partial charge is 0.280 e. The Morgan fingerprint density at radius 2 is 1.81 bits per heavy atom. The van der Waals surface area contributed by atoms with Crippen molar-refractivity contribution in [1.82, 2.24) is 13.9 Å². The van der Waals surface area contributed by atoms with Crippen LogP contribution in [0, 0.1) is 0 Å². The predicted molar refractivity (Wildman–Crippen MR) is 90.4 cm³/mol. The predicted octanol–water partition coefficient (Wildman–Crippen LogP) is 0.692. The lowest BCUT2D eigenvalue weighted by Crippen LogP contribution is -2.58. The molecule has 3 N–H and O–H groups in total. The maximum Gasteiger partial charge on any atom is 0.280 e. The summed E-state index contributed by atoms with van der Waals surface area (Å²) >= 11 is 5.13. The first-order valence-corrected chi connectivity index (χ1v) is 9.24. The molecule has 1 rings (SSSR count). The molecule has 0 aromatic carbocycles. The first-order valence-electron chi connectivity index (χ1n) is 7.39. The third-order valence-electron chi connectivity index (χ3n) is 3.38. The van der Waals surface area contributed by atoms with Gasteiger partial charge in [0.05, 0.1) is 11.0 Å². The van der Waals surface area contributed by atoms with Gasteiger partial charge in [-0.05, 0) is 27.2 Å². The van der Waals surface area contributed by atoms with Crippen molar-refractivity contribution >= 4 is 27.4 Å². The Kier molecular flexibility index (Phi) is 6.54. The SMILES string of the molecule is CCCC(C(N)=S)N1CCN(S(=O)(=O)NC(C)(C)C)CC1. The lowest BCUT2D eigenvalue weighted by atomic mass is 10.1. The molecular formula is C13H28N4O2S2. The van der Waals surface area contributed by atoms with Gasteiger partial charge < -0.3 is 5.73 Å². The van der Waals surface area contributed by atoms with Crippen molar-refractivity contribution in [1.29, 1.82) is 0 Å². The molecule has 1 saturated heterocycles. The van der Waals surface area contributed by atoms with E-state index in [0.717, 1.165) is 12.8 Å². The van der Waals surface area contributed by atoms with Crippen molar-refractivity contribution in [3.05, 3.63) is 0 Å². The molecule has 0 bridgehead atoms. The van der Waals surface area contributed by atoms with Crippen molar-refractivity contribution in [3.63, 3.8) is 0 Å². The minimum atomic E-state index is -3.43. The molecule has 0 spiro atoms. The molecule has 1 aliphatic heterocycles. The molecule has 124 valence electrons. The van der Waals surface area contributed by atoms with Crippen LogP contribution in [0.5, 0.6) is 0 Å². The Morgan fingerprint density at radius 3 is 2.19 bits per heavy atom. The molecule has 8 heteroatoms. The van der Waals surface area contributed by atoms with Gasteiger partial charge in [0, 0.05) is 31.7 Å².